The number of hydrogen-bond donors (Lipinski definition) is 0. The van der Waals surface area contributed by atoms with E-state index in [1.807, 2.05) is 7.05 Å². The van der Waals surface area contributed by atoms with Crippen LogP contribution in [-0.2, 0) is 10.0 Å². The first-order valence-electron chi connectivity index (χ1n) is 5.19. The van der Waals surface area contributed by atoms with Gasteiger partial charge in [0.15, 0.2) is 0 Å². The number of nitrogens with zero attached hydrogens (tertiary/aromatic N) is 3. The van der Waals surface area contributed by atoms with Gasteiger partial charge in [0.2, 0.25) is 10.0 Å². The van der Waals surface area contributed by atoms with E-state index in [0.29, 0.717) is 13.1 Å². The second-order valence-corrected chi connectivity index (χ2v) is 5.83. The van der Waals surface area contributed by atoms with Crippen LogP contribution in [0.1, 0.15) is 0 Å². The number of likely N-dealkylation sites (N-methyl/N-ethyl adjacent to an activating group) is 1. The number of rotatable bonds is 2. The van der Waals surface area contributed by atoms with Gasteiger partial charge in [0.05, 0.1) is 0 Å². The molecular weight excluding hydrogens is 226 g/mol. The molecule has 6 heteroatoms. The van der Waals surface area contributed by atoms with E-state index in [-0.39, 0.29) is 4.90 Å². The van der Waals surface area contributed by atoms with Crippen LogP contribution in [0.15, 0.2) is 29.4 Å². The van der Waals surface area contributed by atoms with Crippen molar-refractivity contribution >= 4 is 10.0 Å². The molecule has 0 aliphatic carbocycles. The Kier molecular flexibility index (Phi) is 3.22. The first-order chi connectivity index (χ1) is 7.60. The van der Waals surface area contributed by atoms with Gasteiger partial charge in [0.1, 0.15) is 4.90 Å². The van der Waals surface area contributed by atoms with Gasteiger partial charge in [0.25, 0.3) is 0 Å². The first kappa shape index (κ1) is 11.5. The van der Waals surface area contributed by atoms with E-state index in [2.05, 4.69) is 9.88 Å². The van der Waals surface area contributed by atoms with E-state index in [9.17, 15) is 8.42 Å². The molecule has 0 atom stereocenters. The van der Waals surface area contributed by atoms with E-state index in [1.165, 1.54) is 10.5 Å². The molecule has 1 aliphatic heterocycles. The van der Waals surface area contributed by atoms with Crippen LogP contribution in [0.5, 0.6) is 0 Å². The van der Waals surface area contributed by atoms with Crippen molar-refractivity contribution in [2.45, 2.75) is 4.90 Å². The summed E-state index contributed by atoms with van der Waals surface area (Å²) >= 11 is 0. The number of piperazine rings is 1. The lowest BCUT2D eigenvalue weighted by molar-refractivity contribution is 0.222. The van der Waals surface area contributed by atoms with E-state index < -0.39 is 10.0 Å². The number of sulfonamides is 1. The standard InChI is InChI=1S/C10H15N3O2S/c1-12-5-7-13(8-6-12)16(14,15)10-3-2-4-11-9-10/h2-4,9H,5-8H2,1H3. The Morgan fingerprint density at radius 1 is 1.25 bits per heavy atom. The average Bonchev–Trinajstić information content (AvgIpc) is 2.31. The molecule has 0 unspecified atom stereocenters. The molecule has 1 fully saturated rings. The molecule has 0 N–H and O–H groups in total. The maximum absolute atomic E-state index is 12.2. The number of hydrogen-bond acceptors (Lipinski definition) is 4. The van der Waals surface area contributed by atoms with Gasteiger partial charge in [-0.3, -0.25) is 4.98 Å². The van der Waals surface area contributed by atoms with Crippen molar-refractivity contribution < 1.29 is 8.42 Å². The molecule has 88 valence electrons. The number of pyridine rings is 1. The summed E-state index contributed by atoms with van der Waals surface area (Å²) in [6.07, 6.45) is 2.97. The van der Waals surface area contributed by atoms with Crippen LogP contribution in [0.3, 0.4) is 0 Å². The molecule has 0 saturated carbocycles. The molecule has 5 nitrogen and oxygen atoms in total. The van der Waals surface area contributed by atoms with E-state index in [0.717, 1.165) is 13.1 Å². The van der Waals surface area contributed by atoms with Gasteiger partial charge in [-0.1, -0.05) is 0 Å². The lowest BCUT2D eigenvalue weighted by Crippen LogP contribution is -2.47. The fourth-order valence-electron chi connectivity index (χ4n) is 1.68. The highest BCUT2D eigenvalue weighted by Crippen LogP contribution is 2.15. The Labute approximate surface area is 95.8 Å². The highest BCUT2D eigenvalue weighted by Gasteiger charge is 2.27. The molecule has 1 aromatic rings. The van der Waals surface area contributed by atoms with Gasteiger partial charge in [-0.15, -0.1) is 0 Å². The van der Waals surface area contributed by atoms with Crippen LogP contribution in [0.4, 0.5) is 0 Å². The van der Waals surface area contributed by atoms with Crippen LogP contribution in [0.2, 0.25) is 0 Å². The fraction of sp³-hybridized carbons (Fsp3) is 0.500. The minimum atomic E-state index is -3.34. The highest BCUT2D eigenvalue weighted by molar-refractivity contribution is 7.89. The zero-order valence-corrected chi connectivity index (χ0v) is 10.0. The normalized spacial score (nSPS) is 19.8. The smallest absolute Gasteiger partial charge is 0.244 e. The van der Waals surface area contributed by atoms with E-state index >= 15 is 0 Å². The summed E-state index contributed by atoms with van der Waals surface area (Å²) in [4.78, 5) is 6.24. The predicted octanol–water partition coefficient (Wildman–Crippen LogP) is 0.0177. The molecule has 0 aromatic carbocycles. The zero-order chi connectivity index (χ0) is 11.6. The second-order valence-electron chi connectivity index (χ2n) is 3.90. The quantitative estimate of drug-likeness (QED) is 0.732. The van der Waals surface area contributed by atoms with Gasteiger partial charge in [-0.25, -0.2) is 8.42 Å². The fourth-order valence-corrected chi connectivity index (χ4v) is 3.06. The monoisotopic (exact) mass is 241 g/mol. The van der Waals surface area contributed by atoms with Gasteiger partial charge in [-0.2, -0.15) is 4.31 Å². The minimum Gasteiger partial charge on any atom is -0.304 e. The lowest BCUT2D eigenvalue weighted by atomic mass is 10.4. The van der Waals surface area contributed by atoms with Crippen molar-refractivity contribution in [1.82, 2.24) is 14.2 Å². The minimum absolute atomic E-state index is 0.277. The van der Waals surface area contributed by atoms with E-state index in [4.69, 9.17) is 0 Å². The van der Waals surface area contributed by atoms with Crippen molar-refractivity contribution in [3.05, 3.63) is 24.5 Å². The third kappa shape index (κ3) is 2.23. The maximum Gasteiger partial charge on any atom is 0.244 e. The molecule has 1 saturated heterocycles. The topological polar surface area (TPSA) is 53.5 Å². The molecule has 1 aromatic heterocycles. The van der Waals surface area contributed by atoms with Crippen molar-refractivity contribution in [1.29, 1.82) is 0 Å². The van der Waals surface area contributed by atoms with Gasteiger partial charge in [-0.05, 0) is 19.2 Å². The van der Waals surface area contributed by atoms with E-state index in [1.54, 1.807) is 18.3 Å². The molecule has 0 bridgehead atoms. The van der Waals surface area contributed by atoms with Crippen LogP contribution in [-0.4, -0.2) is 55.8 Å². The molecular formula is C10H15N3O2S. The summed E-state index contributed by atoms with van der Waals surface area (Å²) < 4.78 is 25.8. The molecule has 0 spiro atoms. The van der Waals surface area contributed by atoms with Gasteiger partial charge in [0, 0.05) is 38.6 Å². The second kappa shape index (κ2) is 4.48. The van der Waals surface area contributed by atoms with Crippen LogP contribution >= 0.6 is 0 Å². The Hall–Kier alpha value is -0.980. The summed E-state index contributed by atoms with van der Waals surface area (Å²) in [5.41, 5.74) is 0. The van der Waals surface area contributed by atoms with Gasteiger partial charge < -0.3 is 4.90 Å². The Morgan fingerprint density at radius 3 is 2.50 bits per heavy atom. The molecule has 0 radical (unpaired) electrons. The highest BCUT2D eigenvalue weighted by atomic mass is 32.2. The van der Waals surface area contributed by atoms with Crippen LogP contribution < -0.4 is 0 Å². The van der Waals surface area contributed by atoms with Gasteiger partial charge >= 0.3 is 0 Å². The Morgan fingerprint density at radius 2 is 1.94 bits per heavy atom. The number of aromatic nitrogens is 1. The maximum atomic E-state index is 12.2. The third-order valence-corrected chi connectivity index (χ3v) is 4.62. The largest absolute Gasteiger partial charge is 0.304 e. The summed E-state index contributed by atoms with van der Waals surface area (Å²) in [6, 6.07) is 3.23. The van der Waals surface area contributed by atoms with Crippen LogP contribution in [0.25, 0.3) is 0 Å². The summed E-state index contributed by atoms with van der Waals surface area (Å²) in [5, 5.41) is 0. The molecule has 1 aliphatic rings. The molecule has 2 rings (SSSR count). The zero-order valence-electron chi connectivity index (χ0n) is 9.20. The Balaban J connectivity index is 2.20. The molecule has 16 heavy (non-hydrogen) atoms. The molecule has 0 amide bonds. The predicted molar refractivity (Wildman–Crippen MR) is 60.5 cm³/mol. The SMILES string of the molecule is CN1CCN(S(=O)(=O)c2cccnc2)CC1. The van der Waals surface area contributed by atoms with Crippen molar-refractivity contribution in [3.8, 4) is 0 Å². The van der Waals surface area contributed by atoms with Crippen molar-refractivity contribution in [2.75, 3.05) is 33.2 Å². The summed E-state index contributed by atoms with van der Waals surface area (Å²) in [5.74, 6) is 0. The molecule has 2 heterocycles. The average molecular weight is 241 g/mol. The lowest BCUT2D eigenvalue weighted by Gasteiger charge is -2.31. The third-order valence-electron chi connectivity index (χ3n) is 2.73. The first-order valence-corrected chi connectivity index (χ1v) is 6.63. The summed E-state index contributed by atoms with van der Waals surface area (Å²) in [7, 11) is -1.35. The van der Waals surface area contributed by atoms with Crippen molar-refractivity contribution in [3.63, 3.8) is 0 Å². The Bertz CT molecular complexity index is 438. The summed E-state index contributed by atoms with van der Waals surface area (Å²) in [6.45, 7) is 2.65. The van der Waals surface area contributed by atoms with Crippen LogP contribution in [0, 0.1) is 0 Å². The van der Waals surface area contributed by atoms with Crippen molar-refractivity contribution in [2.24, 2.45) is 0 Å².